The van der Waals surface area contributed by atoms with E-state index in [0.717, 1.165) is 5.57 Å². The molecule has 0 amide bonds. The van der Waals surface area contributed by atoms with Crippen LogP contribution in [-0.2, 0) is 4.79 Å². The Kier molecular flexibility index (Phi) is 2.48. The molecular formula is C10H16O3. The molecule has 0 fully saturated rings. The summed E-state index contributed by atoms with van der Waals surface area (Å²) in [6.07, 6.45) is 0.634. The van der Waals surface area contributed by atoms with Crippen molar-refractivity contribution in [2.75, 3.05) is 0 Å². The van der Waals surface area contributed by atoms with Gasteiger partial charge in [0.25, 0.3) is 0 Å². The smallest absolute Gasteiger partial charge is 0.332 e. The molecule has 3 heteroatoms. The Balaban J connectivity index is 3.11. The average molecular weight is 184 g/mol. The molecule has 0 aromatic rings. The molecule has 0 aromatic heterocycles. The Morgan fingerprint density at radius 1 is 1.54 bits per heavy atom. The summed E-state index contributed by atoms with van der Waals surface area (Å²) >= 11 is 0. The lowest BCUT2D eigenvalue weighted by molar-refractivity contribution is -0.134. The fourth-order valence-corrected chi connectivity index (χ4v) is 2.27. The third-order valence-corrected chi connectivity index (χ3v) is 2.61. The number of aliphatic carboxylic acids is 1. The molecule has 0 heterocycles. The van der Waals surface area contributed by atoms with Crippen LogP contribution in [0.4, 0.5) is 0 Å². The largest absolute Gasteiger partial charge is 0.478 e. The standard InChI is InChI=1S/C10H16O3/c1-6-4-7(11)5-10(2,3)8(6)9(12)13/h7,11H,4-5H2,1-3H3,(H,12,13). The van der Waals surface area contributed by atoms with E-state index in [1.54, 1.807) is 6.92 Å². The first-order valence-corrected chi connectivity index (χ1v) is 4.46. The first-order valence-electron chi connectivity index (χ1n) is 4.46. The van der Waals surface area contributed by atoms with E-state index in [0.29, 0.717) is 18.4 Å². The summed E-state index contributed by atoms with van der Waals surface area (Å²) in [5.74, 6) is -0.852. The highest BCUT2D eigenvalue weighted by Gasteiger charge is 2.36. The van der Waals surface area contributed by atoms with E-state index in [4.69, 9.17) is 5.11 Å². The molecule has 0 radical (unpaired) electrons. The first kappa shape index (κ1) is 10.3. The third-order valence-electron chi connectivity index (χ3n) is 2.61. The number of rotatable bonds is 1. The van der Waals surface area contributed by atoms with Gasteiger partial charge < -0.3 is 10.2 Å². The lowest BCUT2D eigenvalue weighted by atomic mass is 9.71. The molecule has 0 spiro atoms. The van der Waals surface area contributed by atoms with Crippen molar-refractivity contribution in [3.8, 4) is 0 Å². The minimum Gasteiger partial charge on any atom is -0.478 e. The highest BCUT2D eigenvalue weighted by atomic mass is 16.4. The topological polar surface area (TPSA) is 57.5 Å². The average Bonchev–Trinajstić information content (AvgIpc) is 1.78. The number of carbonyl (C=O) groups is 1. The van der Waals surface area contributed by atoms with Crippen molar-refractivity contribution >= 4 is 5.97 Å². The van der Waals surface area contributed by atoms with Gasteiger partial charge in [0.1, 0.15) is 0 Å². The van der Waals surface area contributed by atoms with Crippen molar-refractivity contribution in [1.82, 2.24) is 0 Å². The zero-order valence-corrected chi connectivity index (χ0v) is 8.29. The molecule has 0 aromatic carbocycles. The van der Waals surface area contributed by atoms with Crippen LogP contribution in [0.5, 0.6) is 0 Å². The van der Waals surface area contributed by atoms with Crippen LogP contribution in [0.3, 0.4) is 0 Å². The fraction of sp³-hybridized carbons (Fsp3) is 0.700. The van der Waals surface area contributed by atoms with Crippen LogP contribution in [0.1, 0.15) is 33.6 Å². The van der Waals surface area contributed by atoms with Gasteiger partial charge in [0.2, 0.25) is 0 Å². The molecule has 0 bridgehead atoms. The van der Waals surface area contributed by atoms with Crippen LogP contribution in [0, 0.1) is 5.41 Å². The van der Waals surface area contributed by atoms with E-state index in [1.165, 1.54) is 0 Å². The summed E-state index contributed by atoms with van der Waals surface area (Å²) in [7, 11) is 0. The molecule has 1 atom stereocenters. The van der Waals surface area contributed by atoms with Gasteiger partial charge in [0.05, 0.1) is 6.10 Å². The predicted molar refractivity (Wildman–Crippen MR) is 49.4 cm³/mol. The second kappa shape index (κ2) is 3.14. The molecular weight excluding hydrogens is 168 g/mol. The van der Waals surface area contributed by atoms with Gasteiger partial charge in [-0.3, -0.25) is 0 Å². The minimum atomic E-state index is -0.852. The minimum absolute atomic E-state index is 0.391. The van der Waals surface area contributed by atoms with Gasteiger partial charge >= 0.3 is 5.97 Å². The van der Waals surface area contributed by atoms with Crippen LogP contribution >= 0.6 is 0 Å². The Morgan fingerprint density at radius 3 is 2.46 bits per heavy atom. The zero-order chi connectivity index (χ0) is 10.2. The lowest BCUT2D eigenvalue weighted by Gasteiger charge is -2.34. The van der Waals surface area contributed by atoms with Crippen molar-refractivity contribution in [2.45, 2.75) is 39.7 Å². The molecule has 2 N–H and O–H groups in total. The highest BCUT2D eigenvalue weighted by molar-refractivity contribution is 5.89. The quantitative estimate of drug-likeness (QED) is 0.650. The van der Waals surface area contributed by atoms with Gasteiger partial charge in [-0.25, -0.2) is 4.79 Å². The molecule has 1 aliphatic rings. The van der Waals surface area contributed by atoms with E-state index in [-0.39, 0.29) is 0 Å². The van der Waals surface area contributed by atoms with Crippen molar-refractivity contribution in [1.29, 1.82) is 0 Å². The molecule has 0 aliphatic heterocycles. The maximum absolute atomic E-state index is 10.9. The molecule has 3 nitrogen and oxygen atoms in total. The molecule has 1 aliphatic carbocycles. The second-order valence-corrected chi connectivity index (χ2v) is 4.41. The van der Waals surface area contributed by atoms with Gasteiger partial charge in [-0.15, -0.1) is 0 Å². The Hall–Kier alpha value is -0.830. The number of carboxylic acids is 1. The van der Waals surface area contributed by atoms with E-state index >= 15 is 0 Å². The van der Waals surface area contributed by atoms with Crippen molar-refractivity contribution in [2.24, 2.45) is 5.41 Å². The van der Waals surface area contributed by atoms with E-state index in [2.05, 4.69) is 0 Å². The number of carboxylic acid groups (broad SMARTS) is 1. The number of hydrogen-bond donors (Lipinski definition) is 2. The van der Waals surface area contributed by atoms with E-state index in [1.807, 2.05) is 13.8 Å². The van der Waals surface area contributed by atoms with Crippen molar-refractivity contribution in [3.05, 3.63) is 11.1 Å². The van der Waals surface area contributed by atoms with Gasteiger partial charge in [0.15, 0.2) is 0 Å². The van der Waals surface area contributed by atoms with Crippen molar-refractivity contribution in [3.63, 3.8) is 0 Å². The number of hydrogen-bond acceptors (Lipinski definition) is 2. The summed E-state index contributed by atoms with van der Waals surface area (Å²) in [6.45, 7) is 5.51. The van der Waals surface area contributed by atoms with Crippen molar-refractivity contribution < 1.29 is 15.0 Å². The second-order valence-electron chi connectivity index (χ2n) is 4.41. The molecule has 0 saturated heterocycles. The lowest BCUT2D eigenvalue weighted by Crippen LogP contribution is -2.32. The fourth-order valence-electron chi connectivity index (χ4n) is 2.27. The van der Waals surface area contributed by atoms with Gasteiger partial charge in [-0.1, -0.05) is 19.4 Å². The summed E-state index contributed by atoms with van der Waals surface area (Å²) in [4.78, 5) is 10.9. The molecule has 1 rings (SSSR count). The predicted octanol–water partition coefficient (Wildman–Crippen LogP) is 1.57. The molecule has 0 saturated carbocycles. The van der Waals surface area contributed by atoms with Gasteiger partial charge in [0, 0.05) is 5.57 Å². The number of aliphatic hydroxyl groups excluding tert-OH is 1. The summed E-state index contributed by atoms with van der Waals surface area (Å²) in [5.41, 5.74) is 0.863. The normalized spacial score (nSPS) is 27.5. The third kappa shape index (κ3) is 1.91. The van der Waals surface area contributed by atoms with Crippen LogP contribution in [0.25, 0.3) is 0 Å². The van der Waals surface area contributed by atoms with Gasteiger partial charge in [-0.05, 0) is 25.2 Å². The maximum atomic E-state index is 10.9. The summed E-state index contributed by atoms with van der Waals surface area (Å²) in [5, 5.41) is 18.5. The Labute approximate surface area is 78.1 Å². The number of aliphatic hydroxyl groups is 1. The van der Waals surface area contributed by atoms with Gasteiger partial charge in [-0.2, -0.15) is 0 Å². The van der Waals surface area contributed by atoms with Crippen LogP contribution < -0.4 is 0 Å². The Morgan fingerprint density at radius 2 is 2.08 bits per heavy atom. The molecule has 1 unspecified atom stereocenters. The monoisotopic (exact) mass is 184 g/mol. The van der Waals surface area contributed by atoms with Crippen LogP contribution in [0.15, 0.2) is 11.1 Å². The molecule has 13 heavy (non-hydrogen) atoms. The maximum Gasteiger partial charge on any atom is 0.332 e. The molecule has 74 valence electrons. The zero-order valence-electron chi connectivity index (χ0n) is 8.29. The highest BCUT2D eigenvalue weighted by Crippen LogP contribution is 2.40. The Bertz CT molecular complexity index is 263. The summed E-state index contributed by atoms with van der Waals surface area (Å²) < 4.78 is 0. The first-order chi connectivity index (χ1) is 5.84. The SMILES string of the molecule is CC1=C(C(=O)O)C(C)(C)CC(O)C1. The van der Waals surface area contributed by atoms with Crippen LogP contribution in [-0.4, -0.2) is 22.3 Å². The summed E-state index contributed by atoms with van der Waals surface area (Å²) in [6, 6.07) is 0. The van der Waals surface area contributed by atoms with E-state index in [9.17, 15) is 9.90 Å². The van der Waals surface area contributed by atoms with Crippen LogP contribution in [0.2, 0.25) is 0 Å². The van der Waals surface area contributed by atoms with E-state index < -0.39 is 17.5 Å².